The maximum absolute atomic E-state index is 13.6. The second kappa shape index (κ2) is 6.31. The van der Waals surface area contributed by atoms with E-state index in [0.29, 0.717) is 11.3 Å². The van der Waals surface area contributed by atoms with E-state index in [1.54, 1.807) is 6.07 Å². The van der Waals surface area contributed by atoms with Crippen LogP contribution in [0, 0.1) is 5.82 Å². The monoisotopic (exact) mass is 295 g/mol. The Morgan fingerprint density at radius 3 is 2.76 bits per heavy atom. The van der Waals surface area contributed by atoms with Gasteiger partial charge in [-0.2, -0.15) is 0 Å². The lowest BCUT2D eigenvalue weighted by Gasteiger charge is -2.08. The molecule has 0 bridgehead atoms. The smallest absolute Gasteiger partial charge is 0.358 e. The summed E-state index contributed by atoms with van der Waals surface area (Å²) in [6.45, 7) is 0.229. The SMILES string of the molecule is COCc1c(C(=O)O)nnn1Cc1ccc(OC)c(F)c1. The molecule has 112 valence electrons. The van der Waals surface area contributed by atoms with Crippen molar-refractivity contribution < 1.29 is 23.8 Å². The van der Waals surface area contributed by atoms with Gasteiger partial charge in [0.2, 0.25) is 0 Å². The second-order valence-electron chi connectivity index (χ2n) is 4.25. The summed E-state index contributed by atoms with van der Waals surface area (Å²) in [6.07, 6.45) is 0. The summed E-state index contributed by atoms with van der Waals surface area (Å²) >= 11 is 0. The maximum Gasteiger partial charge on any atom is 0.358 e. The minimum absolute atomic E-state index is 0.0489. The van der Waals surface area contributed by atoms with Crippen molar-refractivity contribution in [2.45, 2.75) is 13.2 Å². The van der Waals surface area contributed by atoms with Gasteiger partial charge in [0.15, 0.2) is 17.3 Å². The molecule has 21 heavy (non-hydrogen) atoms. The number of methoxy groups -OCH3 is 2. The number of carboxylic acids is 1. The first-order valence-electron chi connectivity index (χ1n) is 6.03. The molecule has 0 atom stereocenters. The summed E-state index contributed by atoms with van der Waals surface area (Å²) in [7, 11) is 2.82. The number of aromatic nitrogens is 3. The van der Waals surface area contributed by atoms with Gasteiger partial charge in [0.05, 0.1) is 26.0 Å². The molecule has 0 radical (unpaired) electrons. The number of hydrogen-bond acceptors (Lipinski definition) is 5. The van der Waals surface area contributed by atoms with Gasteiger partial charge in [0, 0.05) is 7.11 Å². The lowest BCUT2D eigenvalue weighted by Crippen LogP contribution is -2.10. The Bertz CT molecular complexity index is 657. The molecule has 0 saturated heterocycles. The lowest BCUT2D eigenvalue weighted by atomic mass is 10.2. The summed E-state index contributed by atoms with van der Waals surface area (Å²) < 4.78 is 24.8. The predicted molar refractivity (Wildman–Crippen MR) is 69.7 cm³/mol. The molecule has 1 aromatic heterocycles. The van der Waals surface area contributed by atoms with E-state index in [1.165, 1.54) is 31.0 Å². The zero-order valence-corrected chi connectivity index (χ0v) is 11.5. The zero-order chi connectivity index (χ0) is 15.4. The van der Waals surface area contributed by atoms with Crippen LogP contribution >= 0.6 is 0 Å². The van der Waals surface area contributed by atoms with Gasteiger partial charge in [-0.05, 0) is 17.7 Å². The van der Waals surface area contributed by atoms with E-state index >= 15 is 0 Å². The average Bonchev–Trinajstić information content (AvgIpc) is 2.83. The molecular formula is C13H14FN3O4. The van der Waals surface area contributed by atoms with Crippen molar-refractivity contribution in [3.05, 3.63) is 41.0 Å². The predicted octanol–water partition coefficient (Wildman–Crippen LogP) is 1.32. The molecule has 2 aromatic rings. The van der Waals surface area contributed by atoms with Gasteiger partial charge >= 0.3 is 5.97 Å². The van der Waals surface area contributed by atoms with Crippen molar-refractivity contribution in [2.75, 3.05) is 14.2 Å². The van der Waals surface area contributed by atoms with Crippen LogP contribution in [0.1, 0.15) is 21.7 Å². The first kappa shape index (κ1) is 14.9. The van der Waals surface area contributed by atoms with Gasteiger partial charge < -0.3 is 14.6 Å². The third-order valence-electron chi connectivity index (χ3n) is 2.87. The third kappa shape index (κ3) is 3.16. The van der Waals surface area contributed by atoms with Crippen LogP contribution in [0.3, 0.4) is 0 Å². The van der Waals surface area contributed by atoms with Crippen LogP contribution in [0.4, 0.5) is 4.39 Å². The highest BCUT2D eigenvalue weighted by Crippen LogP contribution is 2.19. The minimum atomic E-state index is -1.19. The fourth-order valence-electron chi connectivity index (χ4n) is 1.89. The summed E-state index contributed by atoms with van der Waals surface area (Å²) in [5.74, 6) is -1.54. The quantitative estimate of drug-likeness (QED) is 0.865. The Morgan fingerprint density at radius 1 is 1.43 bits per heavy atom. The van der Waals surface area contributed by atoms with Crippen molar-refractivity contribution in [3.63, 3.8) is 0 Å². The fourth-order valence-corrected chi connectivity index (χ4v) is 1.89. The van der Waals surface area contributed by atoms with Crippen molar-refractivity contribution in [1.82, 2.24) is 15.0 Å². The Hall–Kier alpha value is -2.48. The third-order valence-corrected chi connectivity index (χ3v) is 2.87. The van der Waals surface area contributed by atoms with Gasteiger partial charge in [-0.25, -0.2) is 13.9 Å². The molecule has 0 aliphatic rings. The number of rotatable bonds is 6. The first-order chi connectivity index (χ1) is 10.1. The highest BCUT2D eigenvalue weighted by atomic mass is 19.1. The van der Waals surface area contributed by atoms with Crippen LogP contribution in [-0.2, 0) is 17.9 Å². The zero-order valence-electron chi connectivity index (χ0n) is 11.5. The second-order valence-corrected chi connectivity index (χ2v) is 4.25. The van der Waals surface area contributed by atoms with Crippen LogP contribution < -0.4 is 4.74 Å². The standard InChI is InChI=1S/C13H14FN3O4/c1-20-7-10-12(13(18)19)15-16-17(10)6-8-3-4-11(21-2)9(14)5-8/h3-5H,6-7H2,1-2H3,(H,18,19). The Morgan fingerprint density at radius 2 is 2.19 bits per heavy atom. The summed E-state index contributed by atoms with van der Waals surface area (Å²) in [5.41, 5.74) is 0.750. The maximum atomic E-state index is 13.6. The van der Waals surface area contributed by atoms with Gasteiger partial charge in [-0.15, -0.1) is 5.10 Å². The molecule has 0 amide bonds. The number of hydrogen-bond donors (Lipinski definition) is 1. The number of halogens is 1. The molecule has 0 aliphatic carbocycles. The molecule has 1 N–H and O–H groups in total. The topological polar surface area (TPSA) is 86.5 Å². The molecule has 0 saturated carbocycles. The molecule has 1 heterocycles. The molecule has 2 rings (SSSR count). The molecule has 0 unspecified atom stereocenters. The molecule has 8 heteroatoms. The molecule has 7 nitrogen and oxygen atoms in total. The number of benzene rings is 1. The largest absolute Gasteiger partial charge is 0.494 e. The Labute approximate surface area is 119 Å². The Kier molecular flexibility index (Phi) is 4.49. The molecule has 0 aliphatic heterocycles. The number of carboxylic acid groups (broad SMARTS) is 1. The normalized spacial score (nSPS) is 10.6. The van der Waals surface area contributed by atoms with Gasteiger partial charge in [-0.1, -0.05) is 11.3 Å². The van der Waals surface area contributed by atoms with Crippen LogP contribution in [0.2, 0.25) is 0 Å². The van der Waals surface area contributed by atoms with Crippen LogP contribution in [0.5, 0.6) is 5.75 Å². The van der Waals surface area contributed by atoms with Crippen molar-refractivity contribution in [3.8, 4) is 5.75 Å². The number of carbonyl (C=O) groups is 1. The van der Waals surface area contributed by atoms with E-state index in [4.69, 9.17) is 14.6 Å². The van der Waals surface area contributed by atoms with Crippen molar-refractivity contribution in [1.29, 1.82) is 0 Å². The van der Waals surface area contributed by atoms with Crippen LogP contribution in [0.25, 0.3) is 0 Å². The van der Waals surface area contributed by atoms with E-state index in [0.717, 1.165) is 0 Å². The van der Waals surface area contributed by atoms with E-state index in [9.17, 15) is 9.18 Å². The van der Waals surface area contributed by atoms with Gasteiger partial charge in [0.25, 0.3) is 0 Å². The summed E-state index contributed by atoms with van der Waals surface area (Å²) in [6, 6.07) is 4.47. The summed E-state index contributed by atoms with van der Waals surface area (Å²) in [5, 5.41) is 16.4. The van der Waals surface area contributed by atoms with Crippen molar-refractivity contribution in [2.24, 2.45) is 0 Å². The van der Waals surface area contributed by atoms with Crippen LogP contribution in [0.15, 0.2) is 18.2 Å². The summed E-state index contributed by atoms with van der Waals surface area (Å²) in [4.78, 5) is 11.1. The molecule has 1 aromatic carbocycles. The Balaban J connectivity index is 2.31. The van der Waals surface area contributed by atoms with E-state index in [1.807, 2.05) is 0 Å². The van der Waals surface area contributed by atoms with E-state index < -0.39 is 11.8 Å². The van der Waals surface area contributed by atoms with Crippen LogP contribution in [-0.4, -0.2) is 40.3 Å². The van der Waals surface area contributed by atoms with E-state index in [-0.39, 0.29) is 24.6 Å². The molecule has 0 fully saturated rings. The van der Waals surface area contributed by atoms with E-state index in [2.05, 4.69) is 10.3 Å². The van der Waals surface area contributed by atoms with Gasteiger partial charge in [0.1, 0.15) is 0 Å². The highest BCUT2D eigenvalue weighted by Gasteiger charge is 2.19. The highest BCUT2D eigenvalue weighted by molar-refractivity contribution is 5.86. The minimum Gasteiger partial charge on any atom is -0.494 e. The average molecular weight is 295 g/mol. The van der Waals surface area contributed by atoms with Crippen molar-refractivity contribution >= 4 is 5.97 Å². The number of nitrogens with zero attached hydrogens (tertiary/aromatic N) is 3. The number of ether oxygens (including phenoxy) is 2. The molecular weight excluding hydrogens is 281 g/mol. The fraction of sp³-hybridized carbons (Fsp3) is 0.308. The number of aromatic carboxylic acids is 1. The molecule has 0 spiro atoms. The van der Waals surface area contributed by atoms with Gasteiger partial charge in [-0.3, -0.25) is 0 Å². The lowest BCUT2D eigenvalue weighted by molar-refractivity contribution is 0.0684. The first-order valence-corrected chi connectivity index (χ1v) is 6.03.